The predicted molar refractivity (Wildman–Crippen MR) is 80.0 cm³/mol. The maximum Gasteiger partial charge on any atom is 0.222 e. The maximum absolute atomic E-state index is 12.2. The number of thiophene rings is 1. The molecule has 0 aliphatic heterocycles. The molecule has 1 aromatic rings. The summed E-state index contributed by atoms with van der Waals surface area (Å²) in [4.78, 5) is 13.5. The first-order valence-corrected chi connectivity index (χ1v) is 8.00. The van der Waals surface area contributed by atoms with Crippen molar-refractivity contribution >= 4 is 17.2 Å². The van der Waals surface area contributed by atoms with Gasteiger partial charge in [-0.1, -0.05) is 32.8 Å². The SMILES string of the molecule is CC(C)C(NC(=O)CC1(N)CCCC1)c1cccs1. The van der Waals surface area contributed by atoms with Gasteiger partial charge in [0.2, 0.25) is 5.91 Å². The monoisotopic (exact) mass is 280 g/mol. The van der Waals surface area contributed by atoms with Gasteiger partial charge >= 0.3 is 0 Å². The summed E-state index contributed by atoms with van der Waals surface area (Å²) in [5.41, 5.74) is 6.01. The van der Waals surface area contributed by atoms with Gasteiger partial charge < -0.3 is 11.1 Å². The lowest BCUT2D eigenvalue weighted by Gasteiger charge is -2.26. The van der Waals surface area contributed by atoms with E-state index in [1.165, 1.54) is 4.88 Å². The highest BCUT2D eigenvalue weighted by Gasteiger charge is 2.32. The highest BCUT2D eigenvalue weighted by atomic mass is 32.1. The molecule has 1 amide bonds. The van der Waals surface area contributed by atoms with Crippen LogP contribution in [0.15, 0.2) is 17.5 Å². The van der Waals surface area contributed by atoms with Crippen molar-refractivity contribution in [3.63, 3.8) is 0 Å². The van der Waals surface area contributed by atoms with Gasteiger partial charge in [-0.05, 0) is 30.2 Å². The van der Waals surface area contributed by atoms with Crippen molar-refractivity contribution in [1.29, 1.82) is 0 Å². The number of hydrogen-bond acceptors (Lipinski definition) is 3. The second-order valence-corrected chi connectivity index (χ2v) is 7.03. The van der Waals surface area contributed by atoms with Crippen molar-refractivity contribution in [3.8, 4) is 0 Å². The van der Waals surface area contributed by atoms with Crippen LogP contribution in [0, 0.1) is 5.92 Å². The third-order valence-corrected chi connectivity index (χ3v) is 4.90. The molecule has 0 aromatic carbocycles. The van der Waals surface area contributed by atoms with Crippen LogP contribution >= 0.6 is 11.3 Å². The summed E-state index contributed by atoms with van der Waals surface area (Å²) in [6, 6.07) is 4.23. The van der Waals surface area contributed by atoms with Gasteiger partial charge in [-0.3, -0.25) is 4.79 Å². The molecule has 1 heterocycles. The number of amides is 1. The van der Waals surface area contributed by atoms with Gasteiger partial charge in [0.1, 0.15) is 0 Å². The summed E-state index contributed by atoms with van der Waals surface area (Å²) in [5, 5.41) is 5.22. The molecule has 0 saturated heterocycles. The summed E-state index contributed by atoms with van der Waals surface area (Å²) in [6.07, 6.45) is 4.73. The van der Waals surface area contributed by atoms with Gasteiger partial charge in [-0.25, -0.2) is 0 Å². The normalized spacial score (nSPS) is 19.6. The first-order valence-electron chi connectivity index (χ1n) is 7.12. The fourth-order valence-electron chi connectivity index (χ4n) is 2.83. The highest BCUT2D eigenvalue weighted by molar-refractivity contribution is 7.10. The molecule has 3 N–H and O–H groups in total. The molecule has 2 rings (SSSR count). The Labute approximate surface area is 119 Å². The summed E-state index contributed by atoms with van der Waals surface area (Å²) in [6.45, 7) is 4.27. The summed E-state index contributed by atoms with van der Waals surface area (Å²) in [7, 11) is 0. The van der Waals surface area contributed by atoms with Crippen LogP contribution in [0.4, 0.5) is 0 Å². The van der Waals surface area contributed by atoms with Crippen LogP contribution in [0.25, 0.3) is 0 Å². The van der Waals surface area contributed by atoms with Gasteiger partial charge in [0.15, 0.2) is 0 Å². The number of nitrogens with two attached hydrogens (primary N) is 1. The van der Waals surface area contributed by atoms with Crippen molar-refractivity contribution in [2.75, 3.05) is 0 Å². The van der Waals surface area contributed by atoms with Gasteiger partial charge in [0.25, 0.3) is 0 Å². The van der Waals surface area contributed by atoms with Crippen LogP contribution in [-0.2, 0) is 4.79 Å². The van der Waals surface area contributed by atoms with E-state index in [1.54, 1.807) is 11.3 Å². The van der Waals surface area contributed by atoms with Crippen LogP contribution in [0.5, 0.6) is 0 Å². The topological polar surface area (TPSA) is 55.1 Å². The van der Waals surface area contributed by atoms with E-state index < -0.39 is 0 Å². The van der Waals surface area contributed by atoms with E-state index in [4.69, 9.17) is 5.73 Å². The lowest BCUT2D eigenvalue weighted by atomic mass is 9.93. The molecule has 1 fully saturated rings. The molecular formula is C15H24N2OS. The summed E-state index contributed by atoms with van der Waals surface area (Å²) in [5.74, 6) is 0.483. The highest BCUT2D eigenvalue weighted by Crippen LogP contribution is 2.31. The molecule has 19 heavy (non-hydrogen) atoms. The first-order chi connectivity index (χ1) is 9.00. The van der Waals surface area contributed by atoms with Crippen molar-refractivity contribution in [3.05, 3.63) is 22.4 Å². The Bertz CT molecular complexity index is 408. The Morgan fingerprint density at radius 2 is 2.16 bits per heavy atom. The van der Waals surface area contributed by atoms with Crippen LogP contribution in [-0.4, -0.2) is 11.4 Å². The van der Waals surface area contributed by atoms with Crippen molar-refractivity contribution in [1.82, 2.24) is 5.32 Å². The Balaban J connectivity index is 1.96. The molecule has 1 unspecified atom stereocenters. The van der Waals surface area contributed by atoms with E-state index in [2.05, 4.69) is 30.6 Å². The van der Waals surface area contributed by atoms with Gasteiger partial charge in [0, 0.05) is 16.8 Å². The predicted octanol–water partition coefficient (Wildman–Crippen LogP) is 3.22. The summed E-state index contributed by atoms with van der Waals surface area (Å²) >= 11 is 1.70. The molecule has 3 nitrogen and oxygen atoms in total. The Morgan fingerprint density at radius 1 is 1.47 bits per heavy atom. The minimum absolute atomic E-state index is 0.0940. The Kier molecular flexibility index (Phi) is 4.63. The zero-order valence-electron chi connectivity index (χ0n) is 11.8. The standard InChI is InChI=1S/C15H24N2OS/c1-11(2)14(12-6-5-9-19-12)17-13(18)10-15(16)7-3-4-8-15/h5-6,9,11,14H,3-4,7-8,10,16H2,1-2H3,(H,17,18). The van der Waals surface area contributed by atoms with Crippen LogP contribution in [0.2, 0.25) is 0 Å². The minimum Gasteiger partial charge on any atom is -0.348 e. The van der Waals surface area contributed by atoms with Gasteiger partial charge in [-0.15, -0.1) is 11.3 Å². The van der Waals surface area contributed by atoms with E-state index in [0.29, 0.717) is 12.3 Å². The molecule has 0 bridgehead atoms. The quantitative estimate of drug-likeness (QED) is 0.870. The molecule has 0 radical (unpaired) electrons. The smallest absolute Gasteiger partial charge is 0.222 e. The third kappa shape index (κ3) is 3.80. The fraction of sp³-hybridized carbons (Fsp3) is 0.667. The molecule has 1 aliphatic carbocycles. The molecule has 1 aliphatic rings. The number of hydrogen-bond donors (Lipinski definition) is 2. The zero-order valence-corrected chi connectivity index (χ0v) is 12.6. The molecule has 1 atom stereocenters. The molecule has 0 spiro atoms. The third-order valence-electron chi connectivity index (χ3n) is 3.94. The van der Waals surface area contributed by atoms with Gasteiger partial charge in [-0.2, -0.15) is 0 Å². The molecule has 1 saturated carbocycles. The van der Waals surface area contributed by atoms with Gasteiger partial charge in [0.05, 0.1) is 6.04 Å². The number of nitrogens with one attached hydrogen (secondary N) is 1. The van der Waals surface area contributed by atoms with E-state index in [-0.39, 0.29) is 17.5 Å². The molecule has 4 heteroatoms. The average Bonchev–Trinajstić information content (AvgIpc) is 2.97. The van der Waals surface area contributed by atoms with Crippen LogP contribution in [0.3, 0.4) is 0 Å². The molecular weight excluding hydrogens is 256 g/mol. The second kappa shape index (κ2) is 6.06. The maximum atomic E-state index is 12.2. The fourth-order valence-corrected chi connectivity index (χ4v) is 3.78. The number of rotatable bonds is 5. The minimum atomic E-state index is -0.263. The Morgan fingerprint density at radius 3 is 2.68 bits per heavy atom. The largest absolute Gasteiger partial charge is 0.348 e. The molecule has 1 aromatic heterocycles. The van der Waals surface area contributed by atoms with E-state index in [1.807, 2.05) is 6.07 Å². The van der Waals surface area contributed by atoms with E-state index >= 15 is 0 Å². The van der Waals surface area contributed by atoms with Crippen molar-refractivity contribution < 1.29 is 4.79 Å². The van der Waals surface area contributed by atoms with Crippen LogP contribution < -0.4 is 11.1 Å². The number of carbonyl (C=O) groups is 1. The second-order valence-electron chi connectivity index (χ2n) is 6.05. The lowest BCUT2D eigenvalue weighted by Crippen LogP contribution is -2.43. The number of carbonyl (C=O) groups excluding carboxylic acids is 1. The van der Waals surface area contributed by atoms with E-state index in [9.17, 15) is 4.79 Å². The first kappa shape index (κ1) is 14.5. The Hall–Kier alpha value is -0.870. The van der Waals surface area contributed by atoms with E-state index in [0.717, 1.165) is 25.7 Å². The zero-order chi connectivity index (χ0) is 13.9. The van der Waals surface area contributed by atoms with Crippen LogP contribution in [0.1, 0.15) is 56.9 Å². The van der Waals surface area contributed by atoms with Crippen molar-refractivity contribution in [2.24, 2.45) is 11.7 Å². The average molecular weight is 280 g/mol. The summed E-state index contributed by atoms with van der Waals surface area (Å²) < 4.78 is 0. The van der Waals surface area contributed by atoms with Crippen molar-refractivity contribution in [2.45, 2.75) is 57.5 Å². The molecule has 106 valence electrons. The lowest BCUT2D eigenvalue weighted by molar-refractivity contribution is -0.123.